The molecule has 0 saturated carbocycles. The minimum Gasteiger partial charge on any atom is -0.384 e. The van der Waals surface area contributed by atoms with Gasteiger partial charge < -0.3 is 10.0 Å². The number of amides is 1. The molecule has 0 spiro atoms. The molecule has 5 nitrogen and oxygen atoms in total. The first-order valence-corrected chi connectivity index (χ1v) is 7.36. The smallest absolute Gasteiger partial charge is 0.384 e. The molecule has 2 heterocycles. The molecule has 0 bridgehead atoms. The molecule has 118 valence electrons. The largest absolute Gasteiger partial charge is 0.434 e. The van der Waals surface area contributed by atoms with Crippen molar-refractivity contribution in [3.63, 3.8) is 0 Å². The van der Waals surface area contributed by atoms with Gasteiger partial charge in [0.15, 0.2) is 5.69 Å². The lowest BCUT2D eigenvalue weighted by atomic mass is 10.2. The van der Waals surface area contributed by atoms with E-state index in [0.717, 1.165) is 16.7 Å². The second-order valence-corrected chi connectivity index (χ2v) is 5.84. The fourth-order valence-corrected chi connectivity index (χ4v) is 2.94. The molecule has 0 aliphatic carbocycles. The van der Waals surface area contributed by atoms with Crippen LogP contribution in [-0.4, -0.2) is 58.1 Å². The summed E-state index contributed by atoms with van der Waals surface area (Å²) in [5.41, 5.74) is -0.856. The molecule has 1 aromatic rings. The highest BCUT2D eigenvalue weighted by Crippen LogP contribution is 2.30. The van der Waals surface area contributed by atoms with Crippen LogP contribution in [0.25, 0.3) is 0 Å². The third kappa shape index (κ3) is 4.14. The van der Waals surface area contributed by atoms with E-state index in [0.29, 0.717) is 37.7 Å². The van der Waals surface area contributed by atoms with Gasteiger partial charge in [0.25, 0.3) is 5.91 Å². The van der Waals surface area contributed by atoms with Crippen molar-refractivity contribution >= 4 is 17.2 Å². The number of nitrogens with zero attached hydrogens (tertiary/aromatic N) is 3. The van der Waals surface area contributed by atoms with Gasteiger partial charge in [0.1, 0.15) is 11.1 Å². The van der Waals surface area contributed by atoms with E-state index in [2.05, 4.69) is 4.98 Å². The minimum absolute atomic E-state index is 0.316. The number of piperazine rings is 1. The summed E-state index contributed by atoms with van der Waals surface area (Å²) < 4.78 is 37.4. The maximum atomic E-state index is 12.5. The topological polar surface area (TPSA) is 56.7 Å². The van der Waals surface area contributed by atoms with Crippen molar-refractivity contribution < 1.29 is 23.1 Å². The molecule has 1 aliphatic heterocycles. The molecule has 1 saturated heterocycles. The van der Waals surface area contributed by atoms with E-state index < -0.39 is 18.0 Å². The Balaban J connectivity index is 1.86. The van der Waals surface area contributed by atoms with E-state index in [9.17, 15) is 23.1 Å². The van der Waals surface area contributed by atoms with Gasteiger partial charge in [0, 0.05) is 31.6 Å². The third-order valence-electron chi connectivity index (χ3n) is 3.24. The van der Waals surface area contributed by atoms with Crippen molar-refractivity contribution in [2.75, 3.05) is 26.2 Å². The SMILES string of the molecule is CC(O)C(=O)N1CCN(Cc2nc(C(F)(F)F)cs2)CC1. The van der Waals surface area contributed by atoms with Gasteiger partial charge in [-0.25, -0.2) is 4.98 Å². The molecule has 1 N–H and O–H groups in total. The molecule has 1 atom stereocenters. The third-order valence-corrected chi connectivity index (χ3v) is 4.08. The van der Waals surface area contributed by atoms with Gasteiger partial charge in [-0.2, -0.15) is 13.2 Å². The van der Waals surface area contributed by atoms with Crippen molar-refractivity contribution in [3.05, 3.63) is 16.1 Å². The molecular weight excluding hydrogens is 307 g/mol. The Bertz CT molecular complexity index is 496. The van der Waals surface area contributed by atoms with Crippen LogP contribution in [0.3, 0.4) is 0 Å². The molecule has 1 fully saturated rings. The number of rotatable bonds is 3. The van der Waals surface area contributed by atoms with Gasteiger partial charge >= 0.3 is 6.18 Å². The molecule has 1 aliphatic rings. The lowest BCUT2D eigenvalue weighted by Crippen LogP contribution is -2.50. The lowest BCUT2D eigenvalue weighted by molar-refractivity contribution is -0.142. The van der Waals surface area contributed by atoms with Crippen molar-refractivity contribution in [3.8, 4) is 0 Å². The van der Waals surface area contributed by atoms with Crippen LogP contribution < -0.4 is 0 Å². The minimum atomic E-state index is -4.41. The summed E-state index contributed by atoms with van der Waals surface area (Å²) in [6, 6.07) is 0. The first-order chi connectivity index (χ1) is 9.77. The second-order valence-electron chi connectivity index (χ2n) is 4.90. The summed E-state index contributed by atoms with van der Waals surface area (Å²) in [6.45, 7) is 3.79. The zero-order valence-corrected chi connectivity index (χ0v) is 12.2. The maximum Gasteiger partial charge on any atom is 0.434 e. The van der Waals surface area contributed by atoms with Crippen LogP contribution in [0.4, 0.5) is 13.2 Å². The van der Waals surface area contributed by atoms with Crippen molar-refractivity contribution in [1.82, 2.24) is 14.8 Å². The number of hydrogen-bond donors (Lipinski definition) is 1. The van der Waals surface area contributed by atoms with Crippen LogP contribution in [0.1, 0.15) is 17.6 Å². The van der Waals surface area contributed by atoms with E-state index >= 15 is 0 Å². The molecule has 1 amide bonds. The van der Waals surface area contributed by atoms with Crippen molar-refractivity contribution in [2.45, 2.75) is 25.7 Å². The van der Waals surface area contributed by atoms with Gasteiger partial charge in [-0.3, -0.25) is 9.69 Å². The average Bonchev–Trinajstić information content (AvgIpc) is 2.87. The highest BCUT2D eigenvalue weighted by molar-refractivity contribution is 7.09. The number of halogens is 3. The Morgan fingerprint density at radius 1 is 1.43 bits per heavy atom. The zero-order chi connectivity index (χ0) is 15.6. The number of hydrogen-bond acceptors (Lipinski definition) is 5. The van der Waals surface area contributed by atoms with E-state index in [1.165, 1.54) is 6.92 Å². The Labute approximate surface area is 124 Å². The van der Waals surface area contributed by atoms with Crippen LogP contribution in [-0.2, 0) is 17.5 Å². The Morgan fingerprint density at radius 2 is 2.05 bits per heavy atom. The van der Waals surface area contributed by atoms with Gasteiger partial charge in [-0.05, 0) is 6.92 Å². The van der Waals surface area contributed by atoms with Gasteiger partial charge in [-0.1, -0.05) is 0 Å². The summed E-state index contributed by atoms with van der Waals surface area (Å²) >= 11 is 0.989. The van der Waals surface area contributed by atoms with Crippen LogP contribution in [0.15, 0.2) is 5.38 Å². The van der Waals surface area contributed by atoms with E-state index in [4.69, 9.17) is 0 Å². The molecule has 0 aromatic carbocycles. The monoisotopic (exact) mass is 323 g/mol. The number of carbonyl (C=O) groups is 1. The number of alkyl halides is 3. The highest BCUT2D eigenvalue weighted by Gasteiger charge is 2.34. The maximum absolute atomic E-state index is 12.5. The average molecular weight is 323 g/mol. The molecule has 0 radical (unpaired) electrons. The van der Waals surface area contributed by atoms with Gasteiger partial charge in [0.2, 0.25) is 0 Å². The first-order valence-electron chi connectivity index (χ1n) is 6.48. The molecule has 1 aromatic heterocycles. The normalized spacial score (nSPS) is 18.8. The second kappa shape index (κ2) is 6.29. The fraction of sp³-hybridized carbons (Fsp3) is 0.667. The summed E-state index contributed by atoms with van der Waals surface area (Å²) in [7, 11) is 0. The van der Waals surface area contributed by atoms with Crippen LogP contribution in [0, 0.1) is 0 Å². The summed E-state index contributed by atoms with van der Waals surface area (Å²) in [5.74, 6) is -0.316. The lowest BCUT2D eigenvalue weighted by Gasteiger charge is -2.34. The summed E-state index contributed by atoms with van der Waals surface area (Å²) in [6.07, 6.45) is -5.43. The van der Waals surface area contributed by atoms with Gasteiger partial charge in [-0.15, -0.1) is 11.3 Å². The fourth-order valence-electron chi connectivity index (χ4n) is 2.10. The summed E-state index contributed by atoms with van der Waals surface area (Å²) in [4.78, 5) is 18.7. The van der Waals surface area contributed by atoms with Crippen molar-refractivity contribution in [1.29, 1.82) is 0 Å². The first kappa shape index (κ1) is 16.2. The van der Waals surface area contributed by atoms with E-state index in [1.54, 1.807) is 4.90 Å². The Kier molecular flexibility index (Phi) is 4.84. The number of aliphatic hydroxyl groups excluding tert-OH is 1. The van der Waals surface area contributed by atoms with Crippen LogP contribution in [0.2, 0.25) is 0 Å². The summed E-state index contributed by atoms with van der Waals surface area (Å²) in [5, 5.41) is 10.7. The molecular formula is C12H16F3N3O2S. The predicted octanol–water partition coefficient (Wildman–Crippen LogP) is 1.19. The van der Waals surface area contributed by atoms with Gasteiger partial charge in [0.05, 0.1) is 6.54 Å². The number of carbonyl (C=O) groups excluding carboxylic acids is 1. The Morgan fingerprint density at radius 3 is 2.52 bits per heavy atom. The zero-order valence-electron chi connectivity index (χ0n) is 11.4. The number of aliphatic hydroxyl groups is 1. The van der Waals surface area contributed by atoms with Crippen LogP contribution in [0.5, 0.6) is 0 Å². The number of aromatic nitrogens is 1. The standard InChI is InChI=1S/C12H16F3N3O2S/c1-8(19)11(20)18-4-2-17(3-5-18)6-10-16-9(7-21-10)12(13,14)15/h7-8,19H,2-6H2,1H3. The van der Waals surface area contributed by atoms with E-state index in [-0.39, 0.29) is 5.91 Å². The molecule has 1 unspecified atom stereocenters. The molecule has 21 heavy (non-hydrogen) atoms. The molecule has 2 rings (SSSR count). The predicted molar refractivity (Wildman–Crippen MR) is 70.7 cm³/mol. The molecule has 9 heteroatoms. The van der Waals surface area contributed by atoms with Crippen molar-refractivity contribution in [2.24, 2.45) is 0 Å². The van der Waals surface area contributed by atoms with E-state index in [1.807, 2.05) is 4.90 Å². The van der Waals surface area contributed by atoms with Crippen LogP contribution >= 0.6 is 11.3 Å². The highest BCUT2D eigenvalue weighted by atomic mass is 32.1. The Hall–Kier alpha value is -1.19. The number of thiazole rings is 1. The quantitative estimate of drug-likeness (QED) is 0.908.